The first-order valence-corrected chi connectivity index (χ1v) is 10.1. The summed E-state index contributed by atoms with van der Waals surface area (Å²) in [4.78, 5) is 29.3. The number of nitrogens with zero attached hydrogens (tertiary/aromatic N) is 2. The van der Waals surface area contributed by atoms with E-state index in [1.54, 1.807) is 25.1 Å². The van der Waals surface area contributed by atoms with Crippen molar-refractivity contribution in [2.45, 2.75) is 18.9 Å². The van der Waals surface area contributed by atoms with Gasteiger partial charge in [-0.05, 0) is 42.2 Å². The summed E-state index contributed by atoms with van der Waals surface area (Å²) in [7, 11) is 0. The van der Waals surface area contributed by atoms with E-state index in [-0.39, 0.29) is 25.4 Å². The molecular weight excluding hydrogens is 382 g/mol. The minimum absolute atomic E-state index is 0.162. The molecule has 0 aromatic heterocycles. The van der Waals surface area contributed by atoms with Crippen molar-refractivity contribution in [3.8, 4) is 11.5 Å². The fourth-order valence-electron chi connectivity index (χ4n) is 4.18. The minimum Gasteiger partial charge on any atom is -0.454 e. The Hall–Kier alpha value is -3.32. The van der Waals surface area contributed by atoms with Crippen LogP contribution in [0.4, 0.5) is 4.79 Å². The van der Waals surface area contributed by atoms with Gasteiger partial charge >= 0.3 is 6.03 Å². The minimum atomic E-state index is -1.13. The van der Waals surface area contributed by atoms with Crippen LogP contribution in [-0.4, -0.2) is 48.3 Å². The van der Waals surface area contributed by atoms with Crippen molar-refractivity contribution >= 4 is 17.5 Å². The van der Waals surface area contributed by atoms with E-state index >= 15 is 0 Å². The van der Waals surface area contributed by atoms with E-state index in [1.807, 2.05) is 18.2 Å². The summed E-state index contributed by atoms with van der Waals surface area (Å²) in [5.74, 6) is 0.971. The molecule has 7 heteroatoms. The highest BCUT2D eigenvalue weighted by molar-refractivity contribution is 6.07. The number of carbonyl (C=O) groups excluding carboxylic acids is 2. The fraction of sp³-hybridized carbons (Fsp3) is 0.304. The van der Waals surface area contributed by atoms with Crippen LogP contribution in [0.3, 0.4) is 0 Å². The first-order valence-electron chi connectivity index (χ1n) is 10.1. The van der Waals surface area contributed by atoms with Gasteiger partial charge in [0.2, 0.25) is 6.79 Å². The normalized spacial score (nSPS) is 23.5. The van der Waals surface area contributed by atoms with Crippen LogP contribution in [0.2, 0.25) is 0 Å². The van der Waals surface area contributed by atoms with Gasteiger partial charge in [-0.2, -0.15) is 0 Å². The predicted octanol–water partition coefficient (Wildman–Crippen LogP) is 2.93. The molecule has 1 fully saturated rings. The molecule has 7 nitrogen and oxygen atoms in total. The Morgan fingerprint density at radius 1 is 1.07 bits per heavy atom. The highest BCUT2D eigenvalue weighted by atomic mass is 16.7. The Morgan fingerprint density at radius 2 is 1.87 bits per heavy atom. The number of rotatable bonds is 4. The molecule has 0 bridgehead atoms. The van der Waals surface area contributed by atoms with Crippen molar-refractivity contribution < 1.29 is 19.1 Å². The SMILES string of the molecule is C[C@@]1(c2ccc3c(c2)OCO3)NC(=O)N(CN2CC=C(c3ccccc3)CC2)C1=O. The lowest BCUT2D eigenvalue weighted by atomic mass is 9.91. The summed E-state index contributed by atoms with van der Waals surface area (Å²) in [5, 5.41) is 2.86. The zero-order chi connectivity index (χ0) is 20.7. The largest absolute Gasteiger partial charge is 0.454 e. The van der Waals surface area contributed by atoms with Crippen LogP contribution in [0.5, 0.6) is 11.5 Å². The molecular formula is C23H23N3O4. The lowest BCUT2D eigenvalue weighted by Crippen LogP contribution is -2.44. The van der Waals surface area contributed by atoms with Gasteiger partial charge in [0.15, 0.2) is 11.5 Å². The maximum atomic E-state index is 13.2. The lowest BCUT2D eigenvalue weighted by Gasteiger charge is -2.29. The van der Waals surface area contributed by atoms with E-state index < -0.39 is 5.54 Å². The van der Waals surface area contributed by atoms with Crippen molar-refractivity contribution in [3.63, 3.8) is 0 Å². The maximum Gasteiger partial charge on any atom is 0.326 e. The fourth-order valence-corrected chi connectivity index (χ4v) is 4.18. The molecule has 0 saturated carbocycles. The van der Waals surface area contributed by atoms with Gasteiger partial charge in [0.1, 0.15) is 5.54 Å². The first kappa shape index (κ1) is 18.7. The van der Waals surface area contributed by atoms with E-state index in [0.717, 1.165) is 13.0 Å². The van der Waals surface area contributed by atoms with Crippen molar-refractivity contribution in [2.24, 2.45) is 0 Å². The number of ether oxygens (including phenoxy) is 2. The molecule has 3 aliphatic heterocycles. The van der Waals surface area contributed by atoms with E-state index in [0.29, 0.717) is 23.6 Å². The molecule has 0 spiro atoms. The molecule has 0 radical (unpaired) electrons. The van der Waals surface area contributed by atoms with Gasteiger partial charge in [0.05, 0.1) is 6.67 Å². The summed E-state index contributed by atoms with van der Waals surface area (Å²) in [6.45, 7) is 3.65. The Balaban J connectivity index is 1.30. The molecule has 154 valence electrons. The average molecular weight is 405 g/mol. The molecule has 2 aromatic carbocycles. The van der Waals surface area contributed by atoms with Crippen LogP contribution in [0.15, 0.2) is 54.6 Å². The average Bonchev–Trinajstić information content (AvgIpc) is 3.33. The molecule has 0 unspecified atom stereocenters. The standard InChI is InChI=1S/C23H23N3O4/c1-23(18-7-8-19-20(13-18)30-15-29-19)21(27)26(22(28)24-23)14-25-11-9-17(10-12-25)16-5-3-2-4-6-16/h2-9,13H,10-12,14-15H2,1H3,(H,24,28)/t23-/m0/s1. The molecule has 1 N–H and O–H groups in total. The van der Waals surface area contributed by atoms with Gasteiger partial charge in [-0.25, -0.2) is 9.69 Å². The van der Waals surface area contributed by atoms with Gasteiger partial charge in [-0.15, -0.1) is 0 Å². The number of benzene rings is 2. The van der Waals surface area contributed by atoms with E-state index in [9.17, 15) is 9.59 Å². The Kier molecular flexibility index (Phi) is 4.47. The van der Waals surface area contributed by atoms with Crippen molar-refractivity contribution in [1.29, 1.82) is 0 Å². The lowest BCUT2D eigenvalue weighted by molar-refractivity contribution is -0.132. The highest BCUT2D eigenvalue weighted by Crippen LogP contribution is 2.38. The molecule has 1 atom stereocenters. The van der Waals surface area contributed by atoms with Crippen LogP contribution in [0, 0.1) is 0 Å². The van der Waals surface area contributed by atoms with Crippen LogP contribution < -0.4 is 14.8 Å². The van der Waals surface area contributed by atoms with E-state index in [4.69, 9.17) is 9.47 Å². The second kappa shape index (κ2) is 7.18. The molecule has 5 rings (SSSR count). The number of fused-ring (bicyclic) bond motifs is 1. The smallest absolute Gasteiger partial charge is 0.326 e. The van der Waals surface area contributed by atoms with Gasteiger partial charge in [-0.3, -0.25) is 9.69 Å². The van der Waals surface area contributed by atoms with Gasteiger partial charge in [0, 0.05) is 13.1 Å². The van der Waals surface area contributed by atoms with E-state index in [1.165, 1.54) is 16.0 Å². The van der Waals surface area contributed by atoms with Crippen molar-refractivity contribution in [1.82, 2.24) is 15.1 Å². The topological polar surface area (TPSA) is 71.1 Å². The third-order valence-corrected chi connectivity index (χ3v) is 6.00. The summed E-state index contributed by atoms with van der Waals surface area (Å²) in [5.41, 5.74) is 2.08. The summed E-state index contributed by atoms with van der Waals surface area (Å²) < 4.78 is 10.8. The zero-order valence-electron chi connectivity index (χ0n) is 16.8. The Morgan fingerprint density at radius 3 is 2.63 bits per heavy atom. The van der Waals surface area contributed by atoms with Crippen LogP contribution in [0.25, 0.3) is 5.57 Å². The molecule has 2 aromatic rings. The Bertz CT molecular complexity index is 1040. The summed E-state index contributed by atoms with van der Waals surface area (Å²) >= 11 is 0. The van der Waals surface area contributed by atoms with E-state index in [2.05, 4.69) is 28.4 Å². The van der Waals surface area contributed by atoms with Crippen molar-refractivity contribution in [2.75, 3.05) is 26.6 Å². The van der Waals surface area contributed by atoms with Gasteiger partial charge < -0.3 is 14.8 Å². The number of nitrogens with one attached hydrogen (secondary N) is 1. The molecule has 0 aliphatic carbocycles. The van der Waals surface area contributed by atoms with Crippen LogP contribution in [0.1, 0.15) is 24.5 Å². The monoisotopic (exact) mass is 405 g/mol. The quantitative estimate of drug-likeness (QED) is 0.792. The van der Waals surface area contributed by atoms with Gasteiger partial charge in [0.25, 0.3) is 5.91 Å². The predicted molar refractivity (Wildman–Crippen MR) is 111 cm³/mol. The third kappa shape index (κ3) is 3.11. The Labute approximate surface area is 174 Å². The number of hydrogen-bond acceptors (Lipinski definition) is 5. The number of hydrogen-bond donors (Lipinski definition) is 1. The molecule has 30 heavy (non-hydrogen) atoms. The summed E-state index contributed by atoms with van der Waals surface area (Å²) in [6, 6.07) is 15.2. The first-order chi connectivity index (χ1) is 14.5. The maximum absolute atomic E-state index is 13.2. The number of carbonyl (C=O) groups is 2. The number of amides is 3. The van der Waals surface area contributed by atoms with Crippen LogP contribution >= 0.6 is 0 Å². The second-order valence-corrected chi connectivity index (χ2v) is 7.92. The van der Waals surface area contributed by atoms with Crippen molar-refractivity contribution in [3.05, 3.63) is 65.7 Å². The van der Waals surface area contributed by atoms with Gasteiger partial charge in [-0.1, -0.05) is 42.5 Å². The summed E-state index contributed by atoms with van der Waals surface area (Å²) in [6.07, 6.45) is 3.06. The molecule has 3 amide bonds. The number of imide groups is 1. The second-order valence-electron chi connectivity index (χ2n) is 7.92. The molecule has 3 heterocycles. The molecule has 3 aliphatic rings. The highest BCUT2D eigenvalue weighted by Gasteiger charge is 2.49. The third-order valence-electron chi connectivity index (χ3n) is 6.00. The van der Waals surface area contributed by atoms with Crippen LogP contribution in [-0.2, 0) is 10.3 Å². The number of urea groups is 1. The zero-order valence-corrected chi connectivity index (χ0v) is 16.8. The molecule has 1 saturated heterocycles.